The highest BCUT2D eigenvalue weighted by molar-refractivity contribution is 6.05. The summed E-state index contributed by atoms with van der Waals surface area (Å²) < 4.78 is 0. The van der Waals surface area contributed by atoms with Crippen LogP contribution in [-0.2, 0) is 0 Å². The Morgan fingerprint density at radius 2 is 2.05 bits per heavy atom. The van der Waals surface area contributed by atoms with Gasteiger partial charge in [-0.25, -0.2) is 0 Å². The van der Waals surface area contributed by atoms with Crippen LogP contribution in [0.3, 0.4) is 0 Å². The maximum atomic E-state index is 12.5. The predicted octanol–water partition coefficient (Wildman–Crippen LogP) is 2.08. The fraction of sp³-hybridized carbons (Fsp3) is 0.333. The van der Waals surface area contributed by atoms with Crippen LogP contribution in [0.15, 0.2) is 36.5 Å². The molecule has 2 rings (SSSR count). The molecule has 19 heavy (non-hydrogen) atoms. The number of rotatable bonds is 5. The molecule has 0 saturated heterocycles. The van der Waals surface area contributed by atoms with E-state index in [1.165, 1.54) is 0 Å². The summed E-state index contributed by atoms with van der Waals surface area (Å²) in [6, 6.07) is 9.34. The van der Waals surface area contributed by atoms with E-state index in [0.717, 1.165) is 17.3 Å². The molecule has 100 valence electrons. The molecule has 0 unspecified atom stereocenters. The Morgan fingerprint density at radius 1 is 1.26 bits per heavy atom. The van der Waals surface area contributed by atoms with Crippen molar-refractivity contribution in [2.24, 2.45) is 0 Å². The number of pyridine rings is 1. The second kappa shape index (κ2) is 6.29. The molecule has 4 heteroatoms. The number of amides is 1. The molecule has 1 heterocycles. The van der Waals surface area contributed by atoms with Crippen molar-refractivity contribution < 1.29 is 9.90 Å². The van der Waals surface area contributed by atoms with Gasteiger partial charge < -0.3 is 10.0 Å². The molecular weight excluding hydrogens is 240 g/mol. The number of para-hydroxylation sites is 1. The molecule has 1 amide bonds. The van der Waals surface area contributed by atoms with Crippen LogP contribution in [0.25, 0.3) is 10.9 Å². The minimum absolute atomic E-state index is 0.0191. The van der Waals surface area contributed by atoms with Gasteiger partial charge in [-0.15, -0.1) is 0 Å². The van der Waals surface area contributed by atoms with Gasteiger partial charge in [0, 0.05) is 24.7 Å². The molecular formula is C15H18N2O2. The van der Waals surface area contributed by atoms with Crippen LogP contribution in [0.1, 0.15) is 23.7 Å². The van der Waals surface area contributed by atoms with Crippen LogP contribution < -0.4 is 0 Å². The van der Waals surface area contributed by atoms with Gasteiger partial charge in [-0.1, -0.05) is 25.1 Å². The second-order valence-corrected chi connectivity index (χ2v) is 4.39. The van der Waals surface area contributed by atoms with Crippen LogP contribution in [0.5, 0.6) is 0 Å². The maximum absolute atomic E-state index is 12.5. The fourth-order valence-corrected chi connectivity index (χ4v) is 2.16. The average Bonchev–Trinajstić information content (AvgIpc) is 2.46. The van der Waals surface area contributed by atoms with E-state index in [1.807, 2.05) is 31.2 Å². The third kappa shape index (κ3) is 2.90. The number of hydrogen-bond acceptors (Lipinski definition) is 3. The highest BCUT2D eigenvalue weighted by Crippen LogP contribution is 2.18. The molecule has 4 nitrogen and oxygen atoms in total. The maximum Gasteiger partial charge on any atom is 0.254 e. The van der Waals surface area contributed by atoms with E-state index in [9.17, 15) is 4.79 Å². The molecule has 0 aliphatic heterocycles. The predicted molar refractivity (Wildman–Crippen MR) is 75.0 cm³/mol. The fourth-order valence-electron chi connectivity index (χ4n) is 2.16. The van der Waals surface area contributed by atoms with Crippen molar-refractivity contribution in [2.45, 2.75) is 13.3 Å². The van der Waals surface area contributed by atoms with Gasteiger partial charge in [-0.3, -0.25) is 9.78 Å². The average molecular weight is 258 g/mol. The number of aliphatic hydroxyl groups excluding tert-OH is 1. The van der Waals surface area contributed by atoms with Crippen molar-refractivity contribution in [2.75, 3.05) is 19.7 Å². The summed E-state index contributed by atoms with van der Waals surface area (Å²) in [5, 5.41) is 9.92. The molecule has 0 atom stereocenters. The van der Waals surface area contributed by atoms with Crippen molar-refractivity contribution in [3.8, 4) is 0 Å². The SMILES string of the molecule is CCCN(CCO)C(=O)c1ccnc2ccccc12. The largest absolute Gasteiger partial charge is 0.395 e. The number of benzene rings is 1. The zero-order chi connectivity index (χ0) is 13.7. The molecule has 0 fully saturated rings. The van der Waals surface area contributed by atoms with Crippen molar-refractivity contribution in [3.05, 3.63) is 42.1 Å². The Hall–Kier alpha value is -1.94. The quantitative estimate of drug-likeness (QED) is 0.893. The van der Waals surface area contributed by atoms with Crippen LogP contribution in [0.4, 0.5) is 0 Å². The number of aliphatic hydroxyl groups is 1. The summed E-state index contributed by atoms with van der Waals surface area (Å²) >= 11 is 0. The third-order valence-electron chi connectivity index (χ3n) is 3.03. The van der Waals surface area contributed by atoms with Gasteiger partial charge in [0.25, 0.3) is 5.91 Å². The topological polar surface area (TPSA) is 53.4 Å². The van der Waals surface area contributed by atoms with Gasteiger partial charge >= 0.3 is 0 Å². The minimum atomic E-state index is -0.0468. The summed E-state index contributed by atoms with van der Waals surface area (Å²) in [4.78, 5) is 18.5. The van der Waals surface area contributed by atoms with E-state index in [4.69, 9.17) is 5.11 Å². The first-order valence-electron chi connectivity index (χ1n) is 6.51. The summed E-state index contributed by atoms with van der Waals surface area (Å²) in [6.07, 6.45) is 2.52. The van der Waals surface area contributed by atoms with E-state index >= 15 is 0 Å². The van der Waals surface area contributed by atoms with Crippen molar-refractivity contribution in [1.82, 2.24) is 9.88 Å². The van der Waals surface area contributed by atoms with E-state index in [0.29, 0.717) is 18.7 Å². The Balaban J connectivity index is 2.39. The van der Waals surface area contributed by atoms with Crippen LogP contribution >= 0.6 is 0 Å². The highest BCUT2D eigenvalue weighted by Gasteiger charge is 2.16. The Bertz CT molecular complexity index is 558. The van der Waals surface area contributed by atoms with E-state index in [1.54, 1.807) is 17.2 Å². The lowest BCUT2D eigenvalue weighted by Crippen LogP contribution is -2.34. The van der Waals surface area contributed by atoms with Gasteiger partial charge in [-0.05, 0) is 18.6 Å². The van der Waals surface area contributed by atoms with E-state index in [-0.39, 0.29) is 12.5 Å². The number of nitrogens with zero attached hydrogens (tertiary/aromatic N) is 2. The Labute approximate surface area is 112 Å². The molecule has 0 aliphatic carbocycles. The Morgan fingerprint density at radius 3 is 2.79 bits per heavy atom. The highest BCUT2D eigenvalue weighted by atomic mass is 16.3. The monoisotopic (exact) mass is 258 g/mol. The zero-order valence-electron chi connectivity index (χ0n) is 11.0. The number of fused-ring (bicyclic) bond motifs is 1. The van der Waals surface area contributed by atoms with Gasteiger partial charge in [-0.2, -0.15) is 0 Å². The van der Waals surface area contributed by atoms with E-state index < -0.39 is 0 Å². The molecule has 0 bridgehead atoms. The normalized spacial score (nSPS) is 10.6. The summed E-state index contributed by atoms with van der Waals surface area (Å²) in [6.45, 7) is 3.01. The third-order valence-corrected chi connectivity index (χ3v) is 3.03. The van der Waals surface area contributed by atoms with Crippen molar-refractivity contribution in [3.63, 3.8) is 0 Å². The number of aromatic nitrogens is 1. The lowest BCUT2D eigenvalue weighted by atomic mass is 10.1. The minimum Gasteiger partial charge on any atom is -0.395 e. The number of hydrogen-bond donors (Lipinski definition) is 1. The van der Waals surface area contributed by atoms with Gasteiger partial charge in [0.1, 0.15) is 0 Å². The molecule has 1 N–H and O–H groups in total. The summed E-state index contributed by atoms with van der Waals surface area (Å²) in [7, 11) is 0. The summed E-state index contributed by atoms with van der Waals surface area (Å²) in [5.74, 6) is -0.0468. The van der Waals surface area contributed by atoms with Crippen LogP contribution in [0.2, 0.25) is 0 Å². The lowest BCUT2D eigenvalue weighted by Gasteiger charge is -2.21. The summed E-state index contributed by atoms with van der Waals surface area (Å²) in [5.41, 5.74) is 1.46. The Kier molecular flexibility index (Phi) is 4.47. The van der Waals surface area contributed by atoms with E-state index in [2.05, 4.69) is 4.98 Å². The molecule has 0 spiro atoms. The van der Waals surface area contributed by atoms with Gasteiger partial charge in [0.2, 0.25) is 0 Å². The van der Waals surface area contributed by atoms with Crippen molar-refractivity contribution in [1.29, 1.82) is 0 Å². The van der Waals surface area contributed by atoms with Crippen molar-refractivity contribution >= 4 is 16.8 Å². The molecule has 1 aromatic heterocycles. The first-order valence-corrected chi connectivity index (χ1v) is 6.51. The molecule has 0 saturated carbocycles. The standard InChI is InChI=1S/C15H18N2O2/c1-2-9-17(10-11-18)15(19)13-7-8-16-14-6-4-3-5-12(13)14/h3-8,18H,2,9-11H2,1H3. The van der Waals surface area contributed by atoms with Gasteiger partial charge in [0.05, 0.1) is 17.7 Å². The number of carbonyl (C=O) groups is 1. The molecule has 2 aromatic rings. The molecule has 0 radical (unpaired) electrons. The molecule has 1 aromatic carbocycles. The number of carbonyl (C=O) groups excluding carboxylic acids is 1. The second-order valence-electron chi connectivity index (χ2n) is 4.39. The van der Waals surface area contributed by atoms with Crippen LogP contribution in [-0.4, -0.2) is 40.6 Å². The van der Waals surface area contributed by atoms with Gasteiger partial charge in [0.15, 0.2) is 0 Å². The lowest BCUT2D eigenvalue weighted by molar-refractivity contribution is 0.0724. The first-order chi connectivity index (χ1) is 9.27. The smallest absolute Gasteiger partial charge is 0.254 e. The van der Waals surface area contributed by atoms with Crippen LogP contribution in [0, 0.1) is 0 Å². The zero-order valence-corrected chi connectivity index (χ0v) is 11.0. The molecule has 0 aliphatic rings. The first kappa shape index (κ1) is 13.5.